The van der Waals surface area contributed by atoms with Gasteiger partial charge in [0, 0.05) is 11.1 Å². The third kappa shape index (κ3) is 2.54. The molecule has 0 fully saturated rings. The molecule has 0 unspecified atom stereocenters. The van der Waals surface area contributed by atoms with Gasteiger partial charge in [0.25, 0.3) is 0 Å². The zero-order chi connectivity index (χ0) is 7.56. The van der Waals surface area contributed by atoms with E-state index in [2.05, 4.69) is 4.84 Å². The van der Waals surface area contributed by atoms with E-state index in [9.17, 15) is 4.39 Å². The highest BCUT2D eigenvalue weighted by Gasteiger charge is 2.01. The fourth-order valence-electron chi connectivity index (χ4n) is 0.568. The first-order chi connectivity index (χ1) is 4.74. The molecule has 0 radical (unpaired) electrons. The molecule has 0 spiro atoms. The molecule has 11 heavy (non-hydrogen) atoms. The highest BCUT2D eigenvalue weighted by Crippen LogP contribution is 2.20. The van der Waals surface area contributed by atoms with Crippen molar-refractivity contribution in [3.8, 4) is 5.75 Å². The van der Waals surface area contributed by atoms with Crippen LogP contribution in [0.1, 0.15) is 0 Å². The fraction of sp³-hybridized carbons (Fsp3) is 0. The van der Waals surface area contributed by atoms with E-state index in [1.165, 1.54) is 18.2 Å². The van der Waals surface area contributed by atoms with Crippen LogP contribution >= 0.6 is 24.0 Å². The van der Waals surface area contributed by atoms with Crippen LogP contribution in [-0.4, -0.2) is 0 Å². The van der Waals surface area contributed by atoms with Gasteiger partial charge in [-0.1, -0.05) is 11.6 Å². The first-order valence-electron chi connectivity index (χ1n) is 2.56. The van der Waals surface area contributed by atoms with Crippen LogP contribution in [0.3, 0.4) is 0 Å². The number of hydrogen-bond acceptors (Lipinski definition) is 2. The number of nitrogens with two attached hydrogens (primary N) is 1. The van der Waals surface area contributed by atoms with Crippen LogP contribution in [0.2, 0.25) is 5.02 Å². The molecule has 0 saturated heterocycles. The average Bonchev–Trinajstić information content (AvgIpc) is 1.94. The lowest BCUT2D eigenvalue weighted by Gasteiger charge is -1.98. The van der Waals surface area contributed by atoms with E-state index in [1.807, 2.05) is 0 Å². The Morgan fingerprint density at radius 1 is 1.45 bits per heavy atom. The Morgan fingerprint density at radius 2 is 2.09 bits per heavy atom. The monoisotopic (exact) mass is 197 g/mol. The van der Waals surface area contributed by atoms with E-state index >= 15 is 0 Å². The van der Waals surface area contributed by atoms with Crippen LogP contribution in [0.25, 0.3) is 0 Å². The molecule has 0 aromatic heterocycles. The maximum Gasteiger partial charge on any atom is 0.183 e. The zero-order valence-corrected chi connectivity index (χ0v) is 6.95. The molecule has 1 aromatic carbocycles. The molecule has 1 aromatic rings. The summed E-state index contributed by atoms with van der Waals surface area (Å²) in [5, 5.41) is 0.391. The number of hydrogen-bond donors (Lipinski definition) is 1. The van der Waals surface area contributed by atoms with Crippen molar-refractivity contribution in [2.24, 2.45) is 5.90 Å². The van der Waals surface area contributed by atoms with Crippen LogP contribution in [0, 0.1) is 5.82 Å². The van der Waals surface area contributed by atoms with Gasteiger partial charge in [0.1, 0.15) is 0 Å². The van der Waals surface area contributed by atoms with Crippen LogP contribution in [0.5, 0.6) is 5.75 Å². The van der Waals surface area contributed by atoms with Crippen molar-refractivity contribution in [2.45, 2.75) is 0 Å². The molecule has 0 aliphatic heterocycles. The van der Waals surface area contributed by atoms with Gasteiger partial charge in [-0.05, 0) is 12.1 Å². The molecule has 0 amide bonds. The van der Waals surface area contributed by atoms with Gasteiger partial charge in [-0.15, -0.1) is 12.4 Å². The van der Waals surface area contributed by atoms with Crippen molar-refractivity contribution in [1.82, 2.24) is 0 Å². The van der Waals surface area contributed by atoms with E-state index < -0.39 is 5.82 Å². The SMILES string of the molecule is Cl.NOc1cc(Cl)ccc1F. The molecule has 62 valence electrons. The average molecular weight is 198 g/mol. The van der Waals surface area contributed by atoms with Crippen LogP contribution in [-0.2, 0) is 0 Å². The Kier molecular flexibility index (Phi) is 4.18. The van der Waals surface area contributed by atoms with Crippen LogP contribution in [0.15, 0.2) is 18.2 Å². The lowest BCUT2D eigenvalue weighted by molar-refractivity contribution is 0.316. The normalized spacial score (nSPS) is 8.64. The van der Waals surface area contributed by atoms with Crippen molar-refractivity contribution in [1.29, 1.82) is 0 Å². The molecule has 0 bridgehead atoms. The van der Waals surface area contributed by atoms with Crippen molar-refractivity contribution in [2.75, 3.05) is 0 Å². The molecular formula is C6H6Cl2FNO. The van der Waals surface area contributed by atoms with Gasteiger partial charge in [-0.25, -0.2) is 4.39 Å². The summed E-state index contributed by atoms with van der Waals surface area (Å²) in [5.74, 6) is 4.15. The van der Waals surface area contributed by atoms with Crippen molar-refractivity contribution >= 4 is 24.0 Å². The Balaban J connectivity index is 0.000001000. The second-order valence-electron chi connectivity index (χ2n) is 1.69. The number of halogens is 3. The molecule has 0 atom stereocenters. The minimum atomic E-state index is -0.521. The first kappa shape index (κ1) is 10.5. The maximum absolute atomic E-state index is 12.5. The molecule has 5 heteroatoms. The highest BCUT2D eigenvalue weighted by atomic mass is 35.5. The zero-order valence-electron chi connectivity index (χ0n) is 5.38. The first-order valence-corrected chi connectivity index (χ1v) is 2.93. The summed E-state index contributed by atoms with van der Waals surface area (Å²) in [5.41, 5.74) is 0. The van der Waals surface area contributed by atoms with Crippen molar-refractivity contribution < 1.29 is 9.23 Å². The summed E-state index contributed by atoms with van der Waals surface area (Å²) < 4.78 is 12.5. The van der Waals surface area contributed by atoms with E-state index in [-0.39, 0.29) is 18.2 Å². The fourth-order valence-corrected chi connectivity index (χ4v) is 0.730. The van der Waals surface area contributed by atoms with Gasteiger partial charge in [0.05, 0.1) is 0 Å². The summed E-state index contributed by atoms with van der Waals surface area (Å²) in [6.07, 6.45) is 0. The van der Waals surface area contributed by atoms with Gasteiger partial charge in [0.15, 0.2) is 11.6 Å². The summed E-state index contributed by atoms with van der Waals surface area (Å²) in [6.45, 7) is 0. The van der Waals surface area contributed by atoms with Gasteiger partial charge in [-0.2, -0.15) is 5.90 Å². The maximum atomic E-state index is 12.5. The lowest BCUT2D eigenvalue weighted by atomic mass is 10.3. The Bertz CT molecular complexity index is 244. The molecular weight excluding hydrogens is 192 g/mol. The van der Waals surface area contributed by atoms with Gasteiger partial charge in [0.2, 0.25) is 0 Å². The largest absolute Gasteiger partial charge is 0.408 e. The predicted octanol–water partition coefficient (Wildman–Crippen LogP) is 2.15. The van der Waals surface area contributed by atoms with E-state index in [0.717, 1.165) is 0 Å². The topological polar surface area (TPSA) is 35.2 Å². The standard InChI is InChI=1S/C6H5ClFNO.ClH/c7-4-1-2-5(8)6(3-4)10-9;/h1-3H,9H2;1H. The molecule has 0 aliphatic rings. The minimum Gasteiger partial charge on any atom is -0.408 e. The summed E-state index contributed by atoms with van der Waals surface area (Å²) in [6, 6.07) is 3.90. The molecule has 0 aliphatic carbocycles. The lowest BCUT2D eigenvalue weighted by Crippen LogP contribution is -2.03. The molecule has 1 rings (SSSR count). The van der Waals surface area contributed by atoms with Crippen molar-refractivity contribution in [3.63, 3.8) is 0 Å². The second kappa shape index (κ2) is 4.38. The highest BCUT2D eigenvalue weighted by molar-refractivity contribution is 6.30. The van der Waals surface area contributed by atoms with Gasteiger partial charge >= 0.3 is 0 Å². The molecule has 0 saturated carbocycles. The summed E-state index contributed by atoms with van der Waals surface area (Å²) >= 11 is 5.49. The Hall–Kier alpha value is -0.510. The van der Waals surface area contributed by atoms with Crippen LogP contribution < -0.4 is 10.7 Å². The Labute approximate surface area is 74.5 Å². The summed E-state index contributed by atoms with van der Waals surface area (Å²) in [7, 11) is 0. The number of rotatable bonds is 1. The van der Waals surface area contributed by atoms with E-state index in [0.29, 0.717) is 5.02 Å². The van der Waals surface area contributed by atoms with E-state index in [4.69, 9.17) is 17.5 Å². The van der Waals surface area contributed by atoms with Gasteiger partial charge < -0.3 is 4.84 Å². The minimum absolute atomic E-state index is 0. The molecule has 2 nitrogen and oxygen atoms in total. The molecule has 2 N–H and O–H groups in total. The number of benzene rings is 1. The van der Waals surface area contributed by atoms with E-state index in [1.54, 1.807) is 0 Å². The summed E-state index contributed by atoms with van der Waals surface area (Å²) in [4.78, 5) is 4.17. The third-order valence-electron chi connectivity index (χ3n) is 1.02. The smallest absolute Gasteiger partial charge is 0.183 e. The second-order valence-corrected chi connectivity index (χ2v) is 2.13. The predicted molar refractivity (Wildman–Crippen MR) is 43.5 cm³/mol. The van der Waals surface area contributed by atoms with Gasteiger partial charge in [-0.3, -0.25) is 0 Å². The van der Waals surface area contributed by atoms with Crippen LogP contribution in [0.4, 0.5) is 4.39 Å². The quantitative estimate of drug-likeness (QED) is 0.701. The van der Waals surface area contributed by atoms with Crippen molar-refractivity contribution in [3.05, 3.63) is 29.0 Å². The third-order valence-corrected chi connectivity index (χ3v) is 1.26. The Morgan fingerprint density at radius 3 is 2.55 bits per heavy atom. The molecule has 0 heterocycles.